The van der Waals surface area contributed by atoms with Gasteiger partial charge in [0.2, 0.25) is 12.3 Å². The zero-order valence-corrected chi connectivity index (χ0v) is 15.7. The second-order valence-corrected chi connectivity index (χ2v) is 7.51. The van der Waals surface area contributed by atoms with Crippen molar-refractivity contribution in [2.75, 3.05) is 18.0 Å². The number of amides is 2. The average molecular weight is 389 g/mol. The Morgan fingerprint density at radius 2 is 2.24 bits per heavy atom. The molecule has 0 spiro atoms. The number of aromatic amines is 1. The number of carbonyl (C=O) groups is 2. The van der Waals surface area contributed by atoms with Crippen molar-refractivity contribution >= 4 is 29.2 Å². The van der Waals surface area contributed by atoms with Crippen LogP contribution in [0.2, 0.25) is 0 Å². The lowest BCUT2D eigenvalue weighted by Gasteiger charge is -2.38. The highest BCUT2D eigenvalue weighted by Gasteiger charge is 2.33. The molecule has 2 amide bonds. The van der Waals surface area contributed by atoms with Crippen LogP contribution >= 0.6 is 0 Å². The van der Waals surface area contributed by atoms with Crippen LogP contribution in [0.5, 0.6) is 0 Å². The molecule has 1 saturated heterocycles. The third kappa shape index (κ3) is 3.02. The number of nitrogens with zero attached hydrogens (tertiary/aromatic N) is 6. The van der Waals surface area contributed by atoms with Crippen LogP contribution in [-0.2, 0) is 9.59 Å². The van der Waals surface area contributed by atoms with Crippen molar-refractivity contribution in [2.45, 2.75) is 31.3 Å². The van der Waals surface area contributed by atoms with Crippen molar-refractivity contribution < 1.29 is 9.59 Å². The van der Waals surface area contributed by atoms with Crippen molar-refractivity contribution in [1.29, 1.82) is 5.26 Å². The van der Waals surface area contributed by atoms with Crippen LogP contribution in [0.1, 0.15) is 25.3 Å². The Hall–Kier alpha value is -3.67. The molecule has 0 atom stereocenters. The number of nitriles is 1. The van der Waals surface area contributed by atoms with E-state index in [1.165, 1.54) is 0 Å². The van der Waals surface area contributed by atoms with E-state index in [0.29, 0.717) is 18.9 Å². The highest BCUT2D eigenvalue weighted by molar-refractivity contribution is 5.95. The van der Waals surface area contributed by atoms with Gasteiger partial charge in [-0.3, -0.25) is 19.2 Å². The van der Waals surface area contributed by atoms with Crippen molar-refractivity contribution in [3.05, 3.63) is 30.7 Å². The molecular formula is C20H19N7O2. The van der Waals surface area contributed by atoms with Gasteiger partial charge >= 0.3 is 0 Å². The number of hydrogen-bond acceptors (Lipinski definition) is 5. The van der Waals surface area contributed by atoms with Gasteiger partial charge in [-0.2, -0.15) is 10.4 Å². The molecule has 1 saturated carbocycles. The lowest BCUT2D eigenvalue weighted by Crippen LogP contribution is -2.50. The summed E-state index contributed by atoms with van der Waals surface area (Å²) in [6, 6.07) is 6.13. The predicted molar refractivity (Wildman–Crippen MR) is 105 cm³/mol. The number of carbonyl (C=O) groups excluding carboxylic acids is 2. The smallest absolute Gasteiger partial charge is 0.236 e. The van der Waals surface area contributed by atoms with E-state index in [2.05, 4.69) is 15.1 Å². The number of aromatic nitrogens is 4. The van der Waals surface area contributed by atoms with E-state index < -0.39 is 0 Å². The van der Waals surface area contributed by atoms with Crippen LogP contribution in [0.25, 0.3) is 22.2 Å². The molecule has 146 valence electrons. The first-order valence-electron chi connectivity index (χ1n) is 9.59. The van der Waals surface area contributed by atoms with E-state index in [4.69, 9.17) is 5.26 Å². The molecule has 2 aliphatic rings. The van der Waals surface area contributed by atoms with Crippen molar-refractivity contribution in [1.82, 2.24) is 24.6 Å². The number of fused-ring (bicyclic) bond motifs is 1. The zero-order valence-electron chi connectivity index (χ0n) is 15.7. The van der Waals surface area contributed by atoms with Gasteiger partial charge < -0.3 is 9.88 Å². The Morgan fingerprint density at radius 3 is 2.97 bits per heavy atom. The third-order valence-corrected chi connectivity index (χ3v) is 5.57. The van der Waals surface area contributed by atoms with E-state index in [-0.39, 0.29) is 24.4 Å². The van der Waals surface area contributed by atoms with Gasteiger partial charge in [-0.1, -0.05) is 0 Å². The van der Waals surface area contributed by atoms with Gasteiger partial charge in [-0.25, -0.2) is 4.98 Å². The Bertz CT molecular complexity index is 1130. The van der Waals surface area contributed by atoms with E-state index in [0.717, 1.165) is 41.4 Å². The number of nitrogens with one attached hydrogen (secondary N) is 1. The zero-order chi connectivity index (χ0) is 20.0. The molecular weight excluding hydrogens is 370 g/mol. The molecule has 9 nitrogen and oxygen atoms in total. The van der Waals surface area contributed by atoms with Crippen molar-refractivity contribution in [3.63, 3.8) is 0 Å². The summed E-state index contributed by atoms with van der Waals surface area (Å²) in [6.07, 6.45) is 8.36. The molecule has 0 radical (unpaired) electrons. The highest BCUT2D eigenvalue weighted by Crippen LogP contribution is 2.35. The fourth-order valence-corrected chi connectivity index (χ4v) is 3.76. The molecule has 3 aromatic heterocycles. The first-order chi connectivity index (χ1) is 14.2. The van der Waals surface area contributed by atoms with Crippen LogP contribution < -0.4 is 4.90 Å². The number of rotatable bonds is 6. The molecule has 9 heteroatoms. The van der Waals surface area contributed by atoms with Gasteiger partial charge in [0, 0.05) is 42.5 Å². The standard InChI is InChI=1S/C20H19N7O2/c21-5-3-19(29)25-10-15(11-25)27-9-13(8-23-27)17-7-18(26(12-28)14-1-2-14)24-20-16(17)4-6-22-20/h4,6-9,12,14-15H,1-3,10-11H2,(H,22,24). The number of likely N-dealkylation sites (tertiary alicyclic amines) is 1. The summed E-state index contributed by atoms with van der Waals surface area (Å²) < 4.78 is 1.86. The lowest BCUT2D eigenvalue weighted by atomic mass is 10.1. The predicted octanol–water partition coefficient (Wildman–Crippen LogP) is 1.85. The van der Waals surface area contributed by atoms with Crippen molar-refractivity contribution in [3.8, 4) is 17.2 Å². The van der Waals surface area contributed by atoms with Crippen LogP contribution in [0.15, 0.2) is 30.7 Å². The first kappa shape index (κ1) is 17.4. The Balaban J connectivity index is 1.43. The van der Waals surface area contributed by atoms with Crippen LogP contribution in [-0.4, -0.2) is 56.1 Å². The minimum Gasteiger partial charge on any atom is -0.346 e. The van der Waals surface area contributed by atoms with E-state index in [1.54, 1.807) is 16.0 Å². The monoisotopic (exact) mass is 389 g/mol. The fourth-order valence-electron chi connectivity index (χ4n) is 3.76. The minimum absolute atomic E-state index is 0.0867. The third-order valence-electron chi connectivity index (χ3n) is 5.57. The number of H-pyrrole nitrogens is 1. The Kier molecular flexibility index (Phi) is 4.05. The fraction of sp³-hybridized carbons (Fsp3) is 0.350. The molecule has 29 heavy (non-hydrogen) atoms. The second kappa shape index (κ2) is 6.74. The molecule has 1 N–H and O–H groups in total. The van der Waals surface area contributed by atoms with Crippen LogP contribution in [0.3, 0.4) is 0 Å². The highest BCUT2D eigenvalue weighted by atomic mass is 16.2. The van der Waals surface area contributed by atoms with Gasteiger partial charge in [0.25, 0.3) is 0 Å². The molecule has 0 aromatic carbocycles. The topological polar surface area (TPSA) is 111 Å². The maximum absolute atomic E-state index is 11.8. The molecule has 1 aliphatic carbocycles. The van der Waals surface area contributed by atoms with E-state index >= 15 is 0 Å². The summed E-state index contributed by atoms with van der Waals surface area (Å²) in [7, 11) is 0. The van der Waals surface area contributed by atoms with Gasteiger partial charge in [-0.15, -0.1) is 0 Å². The first-order valence-corrected chi connectivity index (χ1v) is 9.59. The molecule has 0 bridgehead atoms. The van der Waals surface area contributed by atoms with Crippen LogP contribution in [0.4, 0.5) is 5.82 Å². The second-order valence-electron chi connectivity index (χ2n) is 7.51. The minimum atomic E-state index is -0.141. The lowest BCUT2D eigenvalue weighted by molar-refractivity contribution is -0.136. The molecule has 2 fully saturated rings. The Morgan fingerprint density at radius 1 is 1.41 bits per heavy atom. The van der Waals surface area contributed by atoms with E-state index in [1.807, 2.05) is 35.3 Å². The molecule has 5 rings (SSSR count). The van der Waals surface area contributed by atoms with Gasteiger partial charge in [-0.05, 0) is 30.5 Å². The molecule has 3 aromatic rings. The molecule has 1 aliphatic heterocycles. The SMILES string of the molecule is N#CCC(=O)N1CC(n2cc(-c3cc(N(C=O)C4CC4)nc4[nH]ccc34)cn2)C1. The molecule has 0 unspecified atom stereocenters. The van der Waals surface area contributed by atoms with E-state index in [9.17, 15) is 9.59 Å². The normalized spacial score (nSPS) is 16.4. The summed E-state index contributed by atoms with van der Waals surface area (Å²) in [4.78, 5) is 34.5. The summed E-state index contributed by atoms with van der Waals surface area (Å²) in [5.74, 6) is 0.495. The number of hydrogen-bond donors (Lipinski definition) is 1. The summed E-state index contributed by atoms with van der Waals surface area (Å²) in [5.41, 5.74) is 2.62. The Labute approximate surface area is 166 Å². The van der Waals surface area contributed by atoms with Crippen LogP contribution in [0, 0.1) is 11.3 Å². The summed E-state index contributed by atoms with van der Waals surface area (Å²) in [6.45, 7) is 1.12. The van der Waals surface area contributed by atoms with Crippen molar-refractivity contribution in [2.24, 2.45) is 0 Å². The average Bonchev–Trinajstić information content (AvgIpc) is 3.20. The van der Waals surface area contributed by atoms with Gasteiger partial charge in [0.05, 0.1) is 18.3 Å². The largest absolute Gasteiger partial charge is 0.346 e. The summed E-state index contributed by atoms with van der Waals surface area (Å²) in [5, 5.41) is 14.1. The van der Waals surface area contributed by atoms with Gasteiger partial charge in [0.15, 0.2) is 0 Å². The molecule has 4 heterocycles. The maximum atomic E-state index is 11.8. The maximum Gasteiger partial charge on any atom is 0.236 e. The number of pyridine rings is 1. The quantitative estimate of drug-likeness (QED) is 0.647. The summed E-state index contributed by atoms with van der Waals surface area (Å²) >= 11 is 0. The van der Waals surface area contributed by atoms with Gasteiger partial charge in [0.1, 0.15) is 17.9 Å². The number of anilines is 1.